The number of benzene rings is 2. The molecule has 2 aliphatic rings. The number of ether oxygens (including phenoxy) is 1. The van der Waals surface area contributed by atoms with E-state index in [9.17, 15) is 0 Å². The maximum Gasteiger partial charge on any atom is 0.209 e. The second kappa shape index (κ2) is 6.71. The third-order valence-electron chi connectivity index (χ3n) is 5.09. The normalized spacial score (nSPS) is 21.3. The van der Waals surface area contributed by atoms with Gasteiger partial charge in [-0.05, 0) is 35.6 Å². The van der Waals surface area contributed by atoms with E-state index in [1.54, 1.807) is 11.3 Å². The molecule has 2 atom stereocenters. The average Bonchev–Trinajstić information content (AvgIpc) is 3.38. The summed E-state index contributed by atoms with van der Waals surface area (Å²) >= 11 is 1.75. The van der Waals surface area contributed by atoms with Gasteiger partial charge in [-0.1, -0.05) is 60.7 Å². The fourth-order valence-corrected chi connectivity index (χ4v) is 4.53. The van der Waals surface area contributed by atoms with Crippen LogP contribution in [0.4, 0.5) is 0 Å². The lowest BCUT2D eigenvalue weighted by Gasteiger charge is -2.38. The van der Waals surface area contributed by atoms with Gasteiger partial charge in [0, 0.05) is 12.0 Å². The SMILES string of the molecule is C/C(=C\c1ccccc1)[C@@H]1Oc2ccccc2[C@@H]2CC(c3cccs3)=NN12. The number of rotatable bonds is 3. The molecular weight excluding hydrogens is 352 g/mol. The molecular formula is C23H20N2OS. The van der Waals surface area contributed by atoms with Gasteiger partial charge in [-0.3, -0.25) is 0 Å². The predicted octanol–water partition coefficient (Wildman–Crippen LogP) is 5.72. The van der Waals surface area contributed by atoms with E-state index in [1.807, 2.05) is 12.1 Å². The highest BCUT2D eigenvalue weighted by Crippen LogP contribution is 2.44. The Kier molecular flexibility index (Phi) is 4.06. The Balaban J connectivity index is 1.56. The summed E-state index contributed by atoms with van der Waals surface area (Å²) in [4.78, 5) is 1.24. The molecule has 5 rings (SSSR count). The molecule has 0 amide bonds. The number of thiophene rings is 1. The molecule has 0 saturated heterocycles. The van der Waals surface area contributed by atoms with Gasteiger partial charge in [0.1, 0.15) is 5.75 Å². The minimum Gasteiger partial charge on any atom is -0.465 e. The molecule has 4 heteroatoms. The van der Waals surface area contributed by atoms with E-state index >= 15 is 0 Å². The van der Waals surface area contributed by atoms with Crippen LogP contribution in [-0.2, 0) is 0 Å². The lowest BCUT2D eigenvalue weighted by atomic mass is 9.97. The third kappa shape index (κ3) is 2.96. The lowest BCUT2D eigenvalue weighted by molar-refractivity contribution is 0.00965. The van der Waals surface area contributed by atoms with E-state index in [0.29, 0.717) is 0 Å². The van der Waals surface area contributed by atoms with Crippen molar-refractivity contribution in [1.29, 1.82) is 0 Å². The molecule has 0 aliphatic carbocycles. The van der Waals surface area contributed by atoms with Crippen molar-refractivity contribution in [1.82, 2.24) is 5.01 Å². The topological polar surface area (TPSA) is 24.8 Å². The maximum atomic E-state index is 6.40. The van der Waals surface area contributed by atoms with Crippen LogP contribution in [0.5, 0.6) is 5.75 Å². The first kappa shape index (κ1) is 16.3. The fourth-order valence-electron chi connectivity index (χ4n) is 3.81. The summed E-state index contributed by atoms with van der Waals surface area (Å²) in [5.74, 6) is 0.965. The van der Waals surface area contributed by atoms with E-state index < -0.39 is 0 Å². The number of nitrogens with zero attached hydrogens (tertiary/aromatic N) is 2. The summed E-state index contributed by atoms with van der Waals surface area (Å²) in [6, 6.07) is 23.2. The zero-order chi connectivity index (χ0) is 18.2. The van der Waals surface area contributed by atoms with Crippen molar-refractivity contribution in [2.45, 2.75) is 25.6 Å². The number of hydrazone groups is 1. The van der Waals surface area contributed by atoms with Gasteiger partial charge in [-0.2, -0.15) is 5.10 Å². The van der Waals surface area contributed by atoms with Crippen LogP contribution in [0.2, 0.25) is 0 Å². The number of fused-ring (bicyclic) bond motifs is 3. The Morgan fingerprint density at radius 2 is 1.89 bits per heavy atom. The summed E-state index contributed by atoms with van der Waals surface area (Å²) < 4.78 is 6.40. The zero-order valence-corrected chi connectivity index (χ0v) is 15.9. The summed E-state index contributed by atoms with van der Waals surface area (Å²) in [5.41, 5.74) is 4.69. The highest BCUT2D eigenvalue weighted by atomic mass is 32.1. The Morgan fingerprint density at radius 3 is 2.70 bits per heavy atom. The molecule has 2 aromatic carbocycles. The van der Waals surface area contributed by atoms with Crippen molar-refractivity contribution in [3.63, 3.8) is 0 Å². The molecule has 0 bridgehead atoms. The van der Waals surface area contributed by atoms with Gasteiger partial charge in [0.2, 0.25) is 6.23 Å². The second-order valence-corrected chi connectivity index (χ2v) is 7.88. The molecule has 1 aromatic heterocycles. The zero-order valence-electron chi connectivity index (χ0n) is 15.1. The Hall–Kier alpha value is -2.85. The van der Waals surface area contributed by atoms with Gasteiger partial charge in [0.05, 0.1) is 16.6 Å². The highest BCUT2D eigenvalue weighted by Gasteiger charge is 2.40. The molecule has 0 saturated carbocycles. The minimum absolute atomic E-state index is 0.192. The van der Waals surface area contributed by atoms with Crippen LogP contribution < -0.4 is 4.74 Å². The van der Waals surface area contributed by atoms with Gasteiger partial charge < -0.3 is 4.74 Å². The van der Waals surface area contributed by atoms with Crippen molar-refractivity contribution >= 4 is 23.1 Å². The molecule has 0 radical (unpaired) electrons. The van der Waals surface area contributed by atoms with Crippen LogP contribution in [0.15, 0.2) is 82.8 Å². The van der Waals surface area contributed by atoms with Crippen molar-refractivity contribution < 1.29 is 4.74 Å². The standard InChI is InChI=1S/C23H20N2OS/c1-16(14-17-8-3-2-4-9-17)23-25-20(18-10-5-6-11-21(18)26-23)15-19(24-25)22-12-7-13-27-22/h2-14,20,23H,15H2,1H3/b16-14+/t20-,23-/m0/s1. The fraction of sp³-hybridized carbons (Fsp3) is 0.174. The third-order valence-corrected chi connectivity index (χ3v) is 6.01. The van der Waals surface area contributed by atoms with Crippen molar-refractivity contribution in [2.24, 2.45) is 5.10 Å². The van der Waals surface area contributed by atoms with Crippen molar-refractivity contribution in [2.75, 3.05) is 0 Å². The van der Waals surface area contributed by atoms with Crippen LogP contribution in [0.25, 0.3) is 6.08 Å². The van der Waals surface area contributed by atoms with Gasteiger partial charge in [0.15, 0.2) is 0 Å². The molecule has 0 N–H and O–H groups in total. The maximum absolute atomic E-state index is 6.40. The minimum atomic E-state index is -0.192. The molecule has 0 fully saturated rings. The van der Waals surface area contributed by atoms with Crippen molar-refractivity contribution in [3.05, 3.63) is 93.7 Å². The van der Waals surface area contributed by atoms with E-state index in [1.165, 1.54) is 16.0 Å². The van der Waals surface area contributed by atoms with Crippen LogP contribution in [0.1, 0.15) is 35.4 Å². The van der Waals surface area contributed by atoms with Crippen LogP contribution >= 0.6 is 11.3 Å². The Morgan fingerprint density at radius 1 is 1.07 bits per heavy atom. The molecule has 3 heterocycles. The van der Waals surface area contributed by atoms with Crippen molar-refractivity contribution in [3.8, 4) is 5.75 Å². The highest BCUT2D eigenvalue weighted by molar-refractivity contribution is 7.12. The summed E-state index contributed by atoms with van der Waals surface area (Å²) in [6.07, 6.45) is 2.91. The Bertz CT molecular complexity index is 1010. The first-order valence-electron chi connectivity index (χ1n) is 9.18. The van der Waals surface area contributed by atoms with E-state index in [-0.39, 0.29) is 12.3 Å². The quantitative estimate of drug-likeness (QED) is 0.587. The first-order valence-corrected chi connectivity index (χ1v) is 10.1. The molecule has 0 spiro atoms. The first-order chi connectivity index (χ1) is 13.3. The predicted molar refractivity (Wildman–Crippen MR) is 111 cm³/mol. The molecule has 0 unspecified atom stereocenters. The second-order valence-electron chi connectivity index (χ2n) is 6.93. The van der Waals surface area contributed by atoms with Crippen LogP contribution in [0, 0.1) is 0 Å². The van der Waals surface area contributed by atoms with E-state index in [0.717, 1.165) is 23.5 Å². The average molecular weight is 372 g/mol. The van der Waals surface area contributed by atoms with Gasteiger partial charge >= 0.3 is 0 Å². The Labute approximate surface area is 163 Å². The van der Waals surface area contributed by atoms with E-state index in [2.05, 4.69) is 78.0 Å². The summed E-state index contributed by atoms with van der Waals surface area (Å²) in [6.45, 7) is 2.13. The number of hydrogen-bond donors (Lipinski definition) is 0. The van der Waals surface area contributed by atoms with Gasteiger partial charge in [-0.15, -0.1) is 11.3 Å². The molecule has 2 aliphatic heterocycles. The molecule has 3 aromatic rings. The number of para-hydroxylation sites is 1. The summed E-state index contributed by atoms with van der Waals surface area (Å²) in [5, 5.41) is 9.24. The van der Waals surface area contributed by atoms with Crippen LogP contribution in [-0.4, -0.2) is 16.9 Å². The van der Waals surface area contributed by atoms with Gasteiger partial charge in [-0.25, -0.2) is 5.01 Å². The monoisotopic (exact) mass is 372 g/mol. The molecule has 134 valence electrons. The largest absolute Gasteiger partial charge is 0.465 e. The molecule has 3 nitrogen and oxygen atoms in total. The molecule has 27 heavy (non-hydrogen) atoms. The smallest absolute Gasteiger partial charge is 0.209 e. The summed E-state index contributed by atoms with van der Waals surface area (Å²) in [7, 11) is 0. The van der Waals surface area contributed by atoms with Crippen LogP contribution in [0.3, 0.4) is 0 Å². The van der Waals surface area contributed by atoms with E-state index in [4.69, 9.17) is 9.84 Å². The lowest BCUT2D eigenvalue weighted by Crippen LogP contribution is -2.41. The number of hydrogen-bond acceptors (Lipinski definition) is 4. The van der Waals surface area contributed by atoms with Gasteiger partial charge in [0.25, 0.3) is 0 Å².